The van der Waals surface area contributed by atoms with Crippen LogP contribution in [0.3, 0.4) is 0 Å². The van der Waals surface area contributed by atoms with Gasteiger partial charge in [0.15, 0.2) is 0 Å². The molecule has 0 aliphatic carbocycles. The number of carbonyl (C=O) groups is 1. The molecule has 9 heteroatoms. The molecule has 32 heavy (non-hydrogen) atoms. The molecule has 0 radical (unpaired) electrons. The van der Waals surface area contributed by atoms with Gasteiger partial charge in [0.1, 0.15) is 17.6 Å². The third-order valence-corrected chi connectivity index (χ3v) is 5.59. The molecule has 2 unspecified atom stereocenters. The van der Waals surface area contributed by atoms with E-state index in [0.717, 1.165) is 28.9 Å². The molecule has 1 aromatic carbocycles. The van der Waals surface area contributed by atoms with Crippen molar-refractivity contribution in [3.05, 3.63) is 53.9 Å². The molecule has 3 aromatic rings. The van der Waals surface area contributed by atoms with Gasteiger partial charge in [-0.3, -0.25) is 4.79 Å². The lowest BCUT2D eigenvalue weighted by molar-refractivity contribution is -0.117. The fraction of sp³-hybridized carbons (Fsp3) is 0.348. The second-order valence-corrected chi connectivity index (χ2v) is 7.85. The third kappa shape index (κ3) is 4.31. The minimum absolute atomic E-state index is 0.00644. The Hall–Kier alpha value is -3.77. The molecule has 0 fully saturated rings. The van der Waals surface area contributed by atoms with Gasteiger partial charge in [0.05, 0.1) is 31.0 Å². The van der Waals surface area contributed by atoms with E-state index in [1.54, 1.807) is 37.0 Å². The number of anilines is 2. The summed E-state index contributed by atoms with van der Waals surface area (Å²) in [4.78, 5) is 18.6. The monoisotopic (exact) mass is 431 g/mol. The average molecular weight is 432 g/mol. The highest BCUT2D eigenvalue weighted by Crippen LogP contribution is 2.40. The molecular weight excluding hydrogens is 406 g/mol. The number of nitriles is 1. The van der Waals surface area contributed by atoms with Gasteiger partial charge in [-0.25, -0.2) is 9.67 Å². The molecular formula is C23H25N7O2. The van der Waals surface area contributed by atoms with Crippen molar-refractivity contribution in [1.82, 2.24) is 20.0 Å². The molecule has 2 atom stereocenters. The molecule has 3 heterocycles. The summed E-state index contributed by atoms with van der Waals surface area (Å²) in [5.41, 5.74) is 4.05. The maximum Gasteiger partial charge on any atom is 0.224 e. The lowest BCUT2D eigenvalue weighted by Crippen LogP contribution is -2.43. The van der Waals surface area contributed by atoms with Crippen LogP contribution in [0, 0.1) is 11.3 Å². The van der Waals surface area contributed by atoms with Crippen molar-refractivity contribution in [2.24, 2.45) is 0 Å². The average Bonchev–Trinajstić information content (AvgIpc) is 3.26. The summed E-state index contributed by atoms with van der Waals surface area (Å²) < 4.78 is 6.86. The third-order valence-electron chi connectivity index (χ3n) is 5.59. The van der Waals surface area contributed by atoms with Crippen molar-refractivity contribution in [2.45, 2.75) is 38.9 Å². The van der Waals surface area contributed by atoms with Crippen LogP contribution < -0.4 is 10.2 Å². The Kier molecular flexibility index (Phi) is 6.14. The maximum atomic E-state index is 12.4. The van der Waals surface area contributed by atoms with Crippen LogP contribution in [0.1, 0.15) is 37.4 Å². The number of ether oxygens (including phenoxy) is 1. The van der Waals surface area contributed by atoms with E-state index >= 15 is 0 Å². The standard InChI is InChI=1S/C23H25N7O2/c1-15-10-20(26-23-7-4-17(12-24)13-25-23)19-11-18(5-6-22(19)30(15)16(2)31)21-14-29(28-27-21)8-9-32-3/h4-7,11,13-15,20H,8-10H2,1-3H3,(H,25,26). The maximum absolute atomic E-state index is 12.4. The molecule has 1 N–H and O–H groups in total. The van der Waals surface area contributed by atoms with Gasteiger partial charge < -0.3 is 15.0 Å². The van der Waals surface area contributed by atoms with Gasteiger partial charge in [-0.05, 0) is 43.2 Å². The van der Waals surface area contributed by atoms with E-state index in [0.29, 0.717) is 24.5 Å². The fourth-order valence-electron chi connectivity index (χ4n) is 4.09. The zero-order valence-corrected chi connectivity index (χ0v) is 18.3. The molecule has 0 bridgehead atoms. The first-order chi connectivity index (χ1) is 15.5. The number of benzene rings is 1. The van der Waals surface area contributed by atoms with Gasteiger partial charge in [-0.15, -0.1) is 5.10 Å². The van der Waals surface area contributed by atoms with Crippen LogP contribution in [0.2, 0.25) is 0 Å². The number of hydrogen-bond donors (Lipinski definition) is 1. The number of nitrogens with one attached hydrogen (secondary N) is 1. The molecule has 0 spiro atoms. The first-order valence-corrected chi connectivity index (χ1v) is 10.5. The van der Waals surface area contributed by atoms with E-state index in [4.69, 9.17) is 10.00 Å². The van der Waals surface area contributed by atoms with E-state index in [1.807, 2.05) is 30.2 Å². The number of fused-ring (bicyclic) bond motifs is 1. The number of pyridine rings is 1. The number of rotatable bonds is 6. The van der Waals surface area contributed by atoms with E-state index in [9.17, 15) is 4.79 Å². The van der Waals surface area contributed by atoms with E-state index in [1.165, 1.54) is 0 Å². The largest absolute Gasteiger partial charge is 0.383 e. The number of nitrogens with zero attached hydrogens (tertiary/aromatic N) is 6. The van der Waals surface area contributed by atoms with Crippen LogP contribution in [0.25, 0.3) is 11.3 Å². The first kappa shape index (κ1) is 21.5. The molecule has 164 valence electrons. The predicted molar refractivity (Wildman–Crippen MR) is 120 cm³/mol. The highest BCUT2D eigenvalue weighted by molar-refractivity contribution is 5.94. The van der Waals surface area contributed by atoms with Crippen molar-refractivity contribution in [2.75, 3.05) is 23.9 Å². The van der Waals surface area contributed by atoms with Gasteiger partial charge in [-0.1, -0.05) is 11.3 Å². The van der Waals surface area contributed by atoms with Crippen LogP contribution in [0.4, 0.5) is 11.5 Å². The van der Waals surface area contributed by atoms with Crippen molar-refractivity contribution in [1.29, 1.82) is 5.26 Å². The summed E-state index contributed by atoms with van der Waals surface area (Å²) in [7, 11) is 1.65. The van der Waals surface area contributed by atoms with Gasteiger partial charge in [0.25, 0.3) is 0 Å². The van der Waals surface area contributed by atoms with Gasteiger partial charge in [-0.2, -0.15) is 5.26 Å². The lowest BCUT2D eigenvalue weighted by atomic mass is 9.89. The Balaban J connectivity index is 1.70. The molecule has 1 aliphatic rings. The fourth-order valence-corrected chi connectivity index (χ4v) is 4.09. The van der Waals surface area contributed by atoms with Crippen LogP contribution in [0.5, 0.6) is 0 Å². The number of methoxy groups -OCH3 is 1. The number of carbonyl (C=O) groups excluding carboxylic acids is 1. The van der Waals surface area contributed by atoms with E-state index < -0.39 is 0 Å². The Morgan fingerprint density at radius 2 is 2.19 bits per heavy atom. The van der Waals surface area contributed by atoms with Gasteiger partial charge in [0.2, 0.25) is 5.91 Å². The van der Waals surface area contributed by atoms with Gasteiger partial charge >= 0.3 is 0 Å². The molecule has 0 saturated carbocycles. The van der Waals surface area contributed by atoms with Crippen LogP contribution >= 0.6 is 0 Å². The van der Waals surface area contributed by atoms with Crippen molar-refractivity contribution in [3.63, 3.8) is 0 Å². The molecule has 1 amide bonds. The lowest BCUT2D eigenvalue weighted by Gasteiger charge is -2.39. The highest BCUT2D eigenvalue weighted by atomic mass is 16.5. The topological polar surface area (TPSA) is 109 Å². The molecule has 9 nitrogen and oxygen atoms in total. The van der Waals surface area contributed by atoms with Crippen LogP contribution in [-0.4, -0.2) is 45.6 Å². The summed E-state index contributed by atoms with van der Waals surface area (Å²) in [5, 5.41) is 21.0. The van der Waals surface area contributed by atoms with E-state index in [-0.39, 0.29) is 18.0 Å². The highest BCUT2D eigenvalue weighted by Gasteiger charge is 2.33. The summed E-state index contributed by atoms with van der Waals surface area (Å²) in [6, 6.07) is 11.6. The quantitative estimate of drug-likeness (QED) is 0.638. The second kappa shape index (κ2) is 9.16. The normalized spacial score (nSPS) is 17.5. The molecule has 4 rings (SSSR count). The smallest absolute Gasteiger partial charge is 0.224 e. The van der Waals surface area contributed by atoms with E-state index in [2.05, 4.69) is 32.7 Å². The summed E-state index contributed by atoms with van der Waals surface area (Å²) >= 11 is 0. The molecule has 0 saturated heterocycles. The molecule has 2 aromatic heterocycles. The van der Waals surface area contributed by atoms with Gasteiger partial charge in [0, 0.05) is 37.5 Å². The first-order valence-electron chi connectivity index (χ1n) is 10.5. The Labute approximate surface area is 186 Å². The summed E-state index contributed by atoms with van der Waals surface area (Å²) in [5.74, 6) is 0.686. The Morgan fingerprint density at radius 1 is 1.34 bits per heavy atom. The zero-order chi connectivity index (χ0) is 22.7. The minimum atomic E-state index is -0.0560. The zero-order valence-electron chi connectivity index (χ0n) is 18.3. The second-order valence-electron chi connectivity index (χ2n) is 7.85. The van der Waals surface area contributed by atoms with Crippen molar-refractivity contribution in [3.8, 4) is 17.3 Å². The predicted octanol–water partition coefficient (Wildman–Crippen LogP) is 3.16. The summed E-state index contributed by atoms with van der Waals surface area (Å²) in [6.45, 7) is 4.81. The SMILES string of the molecule is COCCn1cc(-c2ccc3c(c2)C(Nc2ccc(C#N)cn2)CC(C)N3C(C)=O)nn1. The van der Waals surface area contributed by atoms with Crippen molar-refractivity contribution < 1.29 is 9.53 Å². The Morgan fingerprint density at radius 3 is 2.88 bits per heavy atom. The number of hydrogen-bond acceptors (Lipinski definition) is 7. The van der Waals surface area contributed by atoms with Crippen LogP contribution in [-0.2, 0) is 16.1 Å². The minimum Gasteiger partial charge on any atom is -0.383 e. The number of amides is 1. The van der Waals surface area contributed by atoms with Crippen molar-refractivity contribution >= 4 is 17.4 Å². The van der Waals surface area contributed by atoms with Crippen LogP contribution in [0.15, 0.2) is 42.7 Å². The Bertz CT molecular complexity index is 1150. The summed E-state index contributed by atoms with van der Waals surface area (Å²) in [6.07, 6.45) is 4.16. The number of aromatic nitrogens is 4. The molecule has 1 aliphatic heterocycles.